The number of thioether (sulfide) groups is 1. The molecule has 2 amide bonds. The summed E-state index contributed by atoms with van der Waals surface area (Å²) in [4.78, 5) is 60.8. The van der Waals surface area contributed by atoms with Crippen LogP contribution in [0.1, 0.15) is 26.5 Å². The van der Waals surface area contributed by atoms with E-state index in [-0.39, 0.29) is 28.8 Å². The first-order chi connectivity index (χ1) is 17.6. The van der Waals surface area contributed by atoms with Gasteiger partial charge in [0.05, 0.1) is 12.7 Å². The molecule has 2 aliphatic heterocycles. The number of oxime groups is 1. The van der Waals surface area contributed by atoms with E-state index in [4.69, 9.17) is 29.5 Å². The molecule has 1 fully saturated rings. The second kappa shape index (κ2) is 12.2. The van der Waals surface area contributed by atoms with Crippen molar-refractivity contribution in [2.24, 2.45) is 5.16 Å². The Balaban J connectivity index is 1.74. The van der Waals surface area contributed by atoms with Gasteiger partial charge in [-0.2, -0.15) is 0 Å². The van der Waals surface area contributed by atoms with Crippen molar-refractivity contribution in [2.75, 3.05) is 32.3 Å². The van der Waals surface area contributed by atoms with Gasteiger partial charge in [0.15, 0.2) is 10.8 Å². The van der Waals surface area contributed by atoms with Crippen LogP contribution in [0.5, 0.6) is 0 Å². The van der Waals surface area contributed by atoms with Crippen molar-refractivity contribution in [2.45, 2.75) is 44.6 Å². The molecule has 0 spiro atoms. The molecule has 202 valence electrons. The number of hydrogen-bond acceptors (Lipinski definition) is 14. The van der Waals surface area contributed by atoms with Crippen LogP contribution in [0, 0.1) is 0 Å². The largest absolute Gasteiger partial charge is 0.511 e. The first-order valence-electron chi connectivity index (χ1n) is 10.9. The Morgan fingerprint density at radius 2 is 1.97 bits per heavy atom. The van der Waals surface area contributed by atoms with Crippen molar-refractivity contribution >= 4 is 57.9 Å². The number of nitrogen functional groups attached to an aromatic ring is 1. The highest BCUT2D eigenvalue weighted by molar-refractivity contribution is 8.00. The van der Waals surface area contributed by atoms with Crippen LogP contribution in [0.4, 0.5) is 9.93 Å². The number of nitrogens with two attached hydrogens (primary N) is 1. The average molecular weight is 558 g/mol. The number of hydrogen-bond donors (Lipinski definition) is 2. The molecule has 0 aromatic carbocycles. The number of amides is 2. The van der Waals surface area contributed by atoms with E-state index >= 15 is 0 Å². The van der Waals surface area contributed by atoms with E-state index in [1.807, 2.05) is 0 Å². The summed E-state index contributed by atoms with van der Waals surface area (Å²) >= 11 is 2.45. The number of β-lactam (4-membered cyclic amide) rings is 1. The van der Waals surface area contributed by atoms with Crippen molar-refractivity contribution in [3.05, 3.63) is 22.3 Å². The standard InChI is InChI=1S/C21H27N5O9S2/c1-9(2)33-21(30)35-10(3)34-19(29)15-11(6-31-4)7-36-18-14(17(28)26(15)18)24-16(27)13(25-32-5)12-8-37-20(22)23-12/h8-10,14,18H,6-7H2,1-5H3,(H2,22,23)(H,24,27)/b25-13-/t10-,14+,18+/m0/s1. The number of esters is 1. The minimum atomic E-state index is -1.28. The second-order valence-corrected chi connectivity index (χ2v) is 9.94. The van der Waals surface area contributed by atoms with Crippen molar-refractivity contribution in [3.63, 3.8) is 0 Å². The van der Waals surface area contributed by atoms with Crippen LogP contribution in [0.15, 0.2) is 21.8 Å². The fraction of sp³-hybridized carbons (Fsp3) is 0.524. The number of nitrogens with one attached hydrogen (secondary N) is 1. The number of nitrogens with zero attached hydrogens (tertiary/aromatic N) is 3. The highest BCUT2D eigenvalue weighted by atomic mass is 32.2. The van der Waals surface area contributed by atoms with E-state index in [0.29, 0.717) is 11.3 Å². The van der Waals surface area contributed by atoms with Gasteiger partial charge in [-0.1, -0.05) is 5.16 Å². The zero-order valence-corrected chi connectivity index (χ0v) is 22.3. The smallest absolute Gasteiger partial charge is 0.431 e. The van der Waals surface area contributed by atoms with Gasteiger partial charge in [0, 0.05) is 25.2 Å². The lowest BCUT2D eigenvalue weighted by atomic mass is 10.0. The summed E-state index contributed by atoms with van der Waals surface area (Å²) in [5, 5.41) is 7.49. The maximum Gasteiger partial charge on any atom is 0.511 e. The third kappa shape index (κ3) is 6.50. The third-order valence-electron chi connectivity index (χ3n) is 4.88. The highest BCUT2D eigenvalue weighted by Crippen LogP contribution is 2.41. The van der Waals surface area contributed by atoms with Gasteiger partial charge >= 0.3 is 12.1 Å². The van der Waals surface area contributed by atoms with Crippen molar-refractivity contribution in [1.82, 2.24) is 15.2 Å². The van der Waals surface area contributed by atoms with E-state index in [1.54, 1.807) is 13.8 Å². The second-order valence-electron chi connectivity index (χ2n) is 7.95. The van der Waals surface area contributed by atoms with Gasteiger partial charge in [0.2, 0.25) is 6.29 Å². The fourth-order valence-electron chi connectivity index (χ4n) is 3.45. The molecule has 2 aliphatic rings. The van der Waals surface area contributed by atoms with Crippen LogP contribution >= 0.6 is 23.1 Å². The number of carbonyl (C=O) groups is 4. The van der Waals surface area contributed by atoms with Gasteiger partial charge < -0.3 is 34.8 Å². The number of methoxy groups -OCH3 is 1. The molecule has 3 N–H and O–H groups in total. The molecule has 3 atom stereocenters. The molecule has 16 heteroatoms. The SMILES string of the molecule is COCC1=C(C(=O)O[C@H](C)OC(=O)OC(C)C)N2C(=O)[C@@H](NC(=O)/C(=N\OC)c3csc(N)n3)[C@H]2SC1. The Labute approximate surface area is 220 Å². The first kappa shape index (κ1) is 28.2. The summed E-state index contributed by atoms with van der Waals surface area (Å²) in [6.45, 7) is 4.68. The topological polar surface area (TPSA) is 181 Å². The van der Waals surface area contributed by atoms with Crippen LogP contribution in [-0.4, -0.2) is 89.9 Å². The molecule has 3 rings (SSSR count). The molecule has 1 saturated heterocycles. The average Bonchev–Trinajstić information content (AvgIpc) is 3.25. The first-order valence-corrected chi connectivity index (χ1v) is 12.9. The minimum absolute atomic E-state index is 0.0353. The molecule has 0 radical (unpaired) electrons. The number of rotatable bonds is 10. The molecule has 14 nitrogen and oxygen atoms in total. The van der Waals surface area contributed by atoms with E-state index < -0.39 is 47.7 Å². The van der Waals surface area contributed by atoms with E-state index in [0.717, 1.165) is 11.3 Å². The number of ether oxygens (including phenoxy) is 4. The Hall–Kier alpha value is -3.37. The summed E-state index contributed by atoms with van der Waals surface area (Å²) < 4.78 is 20.2. The zero-order valence-electron chi connectivity index (χ0n) is 20.7. The molecule has 37 heavy (non-hydrogen) atoms. The Bertz CT molecular complexity index is 1120. The molecule has 1 aromatic heterocycles. The fourth-order valence-corrected chi connectivity index (χ4v) is 5.32. The minimum Gasteiger partial charge on any atom is -0.431 e. The molecule has 0 bridgehead atoms. The molecular formula is C21H27N5O9S2. The highest BCUT2D eigenvalue weighted by Gasteiger charge is 2.55. The predicted octanol–water partition coefficient (Wildman–Crippen LogP) is 0.827. The monoisotopic (exact) mass is 557 g/mol. The Morgan fingerprint density at radius 3 is 2.57 bits per heavy atom. The number of aromatic nitrogens is 1. The number of fused-ring (bicyclic) bond motifs is 1. The van der Waals surface area contributed by atoms with Gasteiger partial charge in [-0.25, -0.2) is 14.6 Å². The third-order valence-corrected chi connectivity index (χ3v) is 6.89. The molecule has 0 saturated carbocycles. The quantitative estimate of drug-likeness (QED) is 0.136. The van der Waals surface area contributed by atoms with Crippen molar-refractivity contribution in [1.29, 1.82) is 0 Å². The summed E-state index contributed by atoms with van der Waals surface area (Å²) in [7, 11) is 2.71. The van der Waals surface area contributed by atoms with Gasteiger partial charge in [-0.3, -0.25) is 14.5 Å². The lowest BCUT2D eigenvalue weighted by Gasteiger charge is -2.49. The van der Waals surface area contributed by atoms with Gasteiger partial charge in [-0.15, -0.1) is 23.1 Å². The molecule has 1 aromatic rings. The molecule has 0 aliphatic carbocycles. The van der Waals surface area contributed by atoms with Crippen molar-refractivity contribution in [3.8, 4) is 0 Å². The number of thiazole rings is 1. The molecule has 3 heterocycles. The molecular weight excluding hydrogens is 530 g/mol. The summed E-state index contributed by atoms with van der Waals surface area (Å²) in [5.41, 5.74) is 6.15. The van der Waals surface area contributed by atoms with Crippen LogP contribution in [0.3, 0.4) is 0 Å². The van der Waals surface area contributed by atoms with Crippen LogP contribution < -0.4 is 11.1 Å². The summed E-state index contributed by atoms with van der Waals surface area (Å²) in [5.74, 6) is -1.81. The van der Waals surface area contributed by atoms with Gasteiger partial charge in [0.25, 0.3) is 11.8 Å². The normalized spacial score (nSPS) is 20.1. The Morgan fingerprint density at radius 1 is 1.24 bits per heavy atom. The predicted molar refractivity (Wildman–Crippen MR) is 132 cm³/mol. The maximum atomic E-state index is 13.1. The van der Waals surface area contributed by atoms with E-state index in [2.05, 4.69) is 15.5 Å². The van der Waals surface area contributed by atoms with Gasteiger partial charge in [0.1, 0.15) is 29.9 Å². The Kier molecular flexibility index (Phi) is 9.34. The number of carbonyl (C=O) groups excluding carboxylic acids is 4. The van der Waals surface area contributed by atoms with Crippen LogP contribution in [-0.2, 0) is 38.2 Å². The van der Waals surface area contributed by atoms with Crippen molar-refractivity contribution < 1.29 is 43.0 Å². The lowest BCUT2D eigenvalue weighted by Crippen LogP contribution is -2.71. The van der Waals surface area contributed by atoms with E-state index in [1.165, 1.54) is 43.2 Å². The van der Waals surface area contributed by atoms with Crippen LogP contribution in [0.2, 0.25) is 0 Å². The molecule has 0 unspecified atom stereocenters. The zero-order chi connectivity index (χ0) is 27.3. The van der Waals surface area contributed by atoms with E-state index in [9.17, 15) is 19.2 Å². The summed E-state index contributed by atoms with van der Waals surface area (Å²) in [6.07, 6.45) is -2.71. The summed E-state index contributed by atoms with van der Waals surface area (Å²) in [6, 6.07) is -0.961. The lowest BCUT2D eigenvalue weighted by molar-refractivity contribution is -0.169. The van der Waals surface area contributed by atoms with Crippen LogP contribution in [0.25, 0.3) is 0 Å². The maximum absolute atomic E-state index is 13.1. The number of anilines is 1. The van der Waals surface area contributed by atoms with Gasteiger partial charge in [-0.05, 0) is 19.4 Å².